The molecule has 3 rings (SSSR count). The molecule has 0 bridgehead atoms. The van der Waals surface area contributed by atoms with Crippen LogP contribution in [-0.2, 0) is 24.9 Å². The molecule has 0 saturated carbocycles. The molecule has 2 aromatic carbocycles. The number of carbonyl (C=O) groups is 1. The number of aryl methyl sites for hydroxylation is 3. The zero-order chi connectivity index (χ0) is 18.7. The molecule has 0 fully saturated rings. The Balaban J connectivity index is 1.74. The maximum absolute atomic E-state index is 12.3. The van der Waals surface area contributed by atoms with E-state index in [4.69, 9.17) is 0 Å². The number of para-hydroxylation sites is 2. The monoisotopic (exact) mass is 351 g/mol. The van der Waals surface area contributed by atoms with E-state index in [9.17, 15) is 14.4 Å². The minimum Gasteiger partial charge on any atom is -0.352 e. The average Bonchev–Trinajstić information content (AvgIpc) is 2.64. The van der Waals surface area contributed by atoms with Gasteiger partial charge in [0.05, 0.1) is 11.0 Å². The second kappa shape index (κ2) is 7.39. The number of amides is 1. The summed E-state index contributed by atoms with van der Waals surface area (Å²) in [6.07, 6.45) is 0.128. The number of nitrogens with one attached hydrogen (secondary N) is 1. The summed E-state index contributed by atoms with van der Waals surface area (Å²) in [5.41, 5.74) is 2.26. The molecule has 6 heteroatoms. The molecule has 0 saturated heterocycles. The summed E-state index contributed by atoms with van der Waals surface area (Å²) >= 11 is 0. The topological polar surface area (TPSA) is 73.1 Å². The number of hydrogen-bond donors (Lipinski definition) is 1. The number of carbonyl (C=O) groups excluding carboxylic acids is 1. The Labute approximate surface area is 150 Å². The van der Waals surface area contributed by atoms with Gasteiger partial charge in [-0.25, -0.2) is 0 Å². The van der Waals surface area contributed by atoms with Gasteiger partial charge in [-0.15, -0.1) is 0 Å². The van der Waals surface area contributed by atoms with Crippen LogP contribution in [0.2, 0.25) is 0 Å². The van der Waals surface area contributed by atoms with Gasteiger partial charge in [-0.2, -0.15) is 0 Å². The van der Waals surface area contributed by atoms with Crippen LogP contribution >= 0.6 is 0 Å². The summed E-state index contributed by atoms with van der Waals surface area (Å²) in [5.74, 6) is -0.164. The third kappa shape index (κ3) is 3.59. The van der Waals surface area contributed by atoms with E-state index in [0.29, 0.717) is 17.6 Å². The second-order valence-electron chi connectivity index (χ2n) is 6.33. The molecule has 134 valence electrons. The quantitative estimate of drug-likeness (QED) is 0.711. The zero-order valence-corrected chi connectivity index (χ0v) is 14.9. The van der Waals surface area contributed by atoms with Crippen molar-refractivity contribution in [3.8, 4) is 0 Å². The van der Waals surface area contributed by atoms with Crippen LogP contribution in [0.3, 0.4) is 0 Å². The van der Waals surface area contributed by atoms with E-state index in [-0.39, 0.29) is 18.9 Å². The van der Waals surface area contributed by atoms with Gasteiger partial charge in [-0.3, -0.25) is 14.4 Å². The molecule has 0 unspecified atom stereocenters. The molecule has 1 N–H and O–H groups in total. The highest BCUT2D eigenvalue weighted by Crippen LogP contribution is 2.09. The summed E-state index contributed by atoms with van der Waals surface area (Å²) < 4.78 is 2.72. The Bertz CT molecular complexity index is 1080. The summed E-state index contributed by atoms with van der Waals surface area (Å²) in [5, 5.41) is 2.85. The maximum atomic E-state index is 12.3. The molecule has 0 radical (unpaired) electrons. The molecule has 0 atom stereocenters. The third-order valence-electron chi connectivity index (χ3n) is 4.40. The first kappa shape index (κ1) is 17.7. The fourth-order valence-corrected chi connectivity index (χ4v) is 3.00. The highest BCUT2D eigenvalue weighted by Gasteiger charge is 2.11. The van der Waals surface area contributed by atoms with Crippen molar-refractivity contribution in [2.24, 2.45) is 7.05 Å². The van der Waals surface area contributed by atoms with Crippen LogP contribution in [0.25, 0.3) is 11.0 Å². The Hall–Kier alpha value is -3.15. The lowest BCUT2D eigenvalue weighted by atomic mass is 10.1. The predicted molar refractivity (Wildman–Crippen MR) is 101 cm³/mol. The van der Waals surface area contributed by atoms with E-state index in [0.717, 1.165) is 11.1 Å². The molecular formula is C20H21N3O3. The maximum Gasteiger partial charge on any atom is 0.316 e. The first-order chi connectivity index (χ1) is 12.5. The Kier molecular flexibility index (Phi) is 5.02. The van der Waals surface area contributed by atoms with Crippen LogP contribution in [0.5, 0.6) is 0 Å². The highest BCUT2D eigenvalue weighted by atomic mass is 16.2. The number of nitrogens with zero attached hydrogens (tertiary/aromatic N) is 2. The van der Waals surface area contributed by atoms with Crippen LogP contribution in [-0.4, -0.2) is 15.0 Å². The summed E-state index contributed by atoms with van der Waals surface area (Å²) in [7, 11) is 1.57. The van der Waals surface area contributed by atoms with E-state index < -0.39 is 11.1 Å². The van der Waals surface area contributed by atoms with Crippen LogP contribution < -0.4 is 16.4 Å². The molecule has 0 spiro atoms. The van der Waals surface area contributed by atoms with Crippen molar-refractivity contribution >= 4 is 16.9 Å². The second-order valence-corrected chi connectivity index (χ2v) is 6.33. The normalized spacial score (nSPS) is 10.8. The van der Waals surface area contributed by atoms with Crippen LogP contribution in [0, 0.1) is 6.92 Å². The molecule has 3 aromatic rings. The fourth-order valence-electron chi connectivity index (χ4n) is 3.00. The van der Waals surface area contributed by atoms with Gasteiger partial charge in [0.1, 0.15) is 0 Å². The van der Waals surface area contributed by atoms with Crippen LogP contribution in [0.1, 0.15) is 17.5 Å². The molecule has 1 heterocycles. The molecule has 6 nitrogen and oxygen atoms in total. The van der Waals surface area contributed by atoms with E-state index in [1.54, 1.807) is 25.2 Å². The number of hydrogen-bond acceptors (Lipinski definition) is 3. The molecule has 1 amide bonds. The summed E-state index contributed by atoms with van der Waals surface area (Å²) in [6, 6.07) is 15.1. The molecule has 1 aromatic heterocycles. The van der Waals surface area contributed by atoms with Gasteiger partial charge in [0.2, 0.25) is 5.91 Å². The van der Waals surface area contributed by atoms with E-state index in [2.05, 4.69) is 5.32 Å². The minimum absolute atomic E-state index is 0.128. The third-order valence-corrected chi connectivity index (χ3v) is 4.40. The van der Waals surface area contributed by atoms with Gasteiger partial charge in [0.25, 0.3) is 0 Å². The van der Waals surface area contributed by atoms with Crippen molar-refractivity contribution in [3.63, 3.8) is 0 Å². The smallest absolute Gasteiger partial charge is 0.316 e. The number of rotatable bonds is 5. The largest absolute Gasteiger partial charge is 0.352 e. The molecule has 0 aliphatic heterocycles. The van der Waals surface area contributed by atoms with Gasteiger partial charge in [0, 0.05) is 26.6 Å². The van der Waals surface area contributed by atoms with Crippen LogP contribution in [0.15, 0.2) is 58.1 Å². The van der Waals surface area contributed by atoms with E-state index in [1.807, 2.05) is 37.3 Å². The van der Waals surface area contributed by atoms with Gasteiger partial charge in [0.15, 0.2) is 0 Å². The van der Waals surface area contributed by atoms with Crippen molar-refractivity contribution < 1.29 is 4.79 Å². The SMILES string of the molecule is Cc1cccc(CNC(=O)CCn2c(=O)c(=O)n(C)c3ccccc32)c1. The van der Waals surface area contributed by atoms with Gasteiger partial charge in [-0.1, -0.05) is 42.0 Å². The summed E-state index contributed by atoms with van der Waals surface area (Å²) in [4.78, 5) is 36.6. The lowest BCUT2D eigenvalue weighted by Gasteiger charge is -2.12. The zero-order valence-electron chi connectivity index (χ0n) is 14.9. The number of fused-ring (bicyclic) bond motifs is 1. The lowest BCUT2D eigenvalue weighted by molar-refractivity contribution is -0.121. The Morgan fingerprint density at radius 3 is 2.46 bits per heavy atom. The molecule has 0 aliphatic carbocycles. The molecular weight excluding hydrogens is 330 g/mol. The average molecular weight is 351 g/mol. The van der Waals surface area contributed by atoms with Crippen molar-refractivity contribution in [2.45, 2.75) is 26.4 Å². The van der Waals surface area contributed by atoms with E-state index >= 15 is 0 Å². The minimum atomic E-state index is -0.613. The van der Waals surface area contributed by atoms with Crippen LogP contribution in [0.4, 0.5) is 0 Å². The van der Waals surface area contributed by atoms with Gasteiger partial charge in [-0.05, 0) is 24.6 Å². The first-order valence-corrected chi connectivity index (χ1v) is 8.48. The standard InChI is InChI=1S/C20H21N3O3/c1-14-6-5-7-15(12-14)13-21-18(24)10-11-23-17-9-4-3-8-16(17)22(2)19(25)20(23)26/h3-9,12H,10-11,13H2,1-2H3,(H,21,24). The number of aromatic nitrogens is 2. The van der Waals surface area contributed by atoms with Gasteiger partial charge < -0.3 is 14.5 Å². The van der Waals surface area contributed by atoms with Crippen molar-refractivity contribution in [2.75, 3.05) is 0 Å². The Morgan fingerprint density at radius 2 is 1.73 bits per heavy atom. The van der Waals surface area contributed by atoms with Crippen molar-refractivity contribution in [1.29, 1.82) is 0 Å². The van der Waals surface area contributed by atoms with Gasteiger partial charge >= 0.3 is 11.1 Å². The predicted octanol–water partition coefficient (Wildman–Crippen LogP) is 1.72. The molecule has 26 heavy (non-hydrogen) atoms. The number of benzene rings is 2. The van der Waals surface area contributed by atoms with Crippen molar-refractivity contribution in [1.82, 2.24) is 14.5 Å². The fraction of sp³-hybridized carbons (Fsp3) is 0.250. The van der Waals surface area contributed by atoms with Crippen molar-refractivity contribution in [3.05, 3.63) is 80.4 Å². The first-order valence-electron chi connectivity index (χ1n) is 8.48. The summed E-state index contributed by atoms with van der Waals surface area (Å²) in [6.45, 7) is 2.60. The van der Waals surface area contributed by atoms with E-state index in [1.165, 1.54) is 9.13 Å². The lowest BCUT2D eigenvalue weighted by Crippen LogP contribution is -2.41. The Morgan fingerprint density at radius 1 is 1.00 bits per heavy atom. The highest BCUT2D eigenvalue weighted by molar-refractivity contribution is 5.77. The molecule has 0 aliphatic rings.